The van der Waals surface area contributed by atoms with E-state index >= 15 is 0 Å². The number of para-hydroxylation sites is 2. The van der Waals surface area contributed by atoms with Crippen LogP contribution < -0.4 is 20.7 Å². The van der Waals surface area contributed by atoms with Crippen molar-refractivity contribution in [2.24, 2.45) is 0 Å². The van der Waals surface area contributed by atoms with E-state index in [1.165, 1.54) is 76.0 Å². The van der Waals surface area contributed by atoms with Crippen molar-refractivity contribution in [1.82, 2.24) is 34.5 Å². The molecule has 0 saturated heterocycles. The highest BCUT2D eigenvalue weighted by Gasteiger charge is 2.42. The molecule has 0 radical (unpaired) electrons. The quantitative estimate of drug-likeness (QED) is 0.0629. The molecule has 0 aliphatic heterocycles. The Labute approximate surface area is 583 Å². The zero-order chi connectivity index (χ0) is 69.1. The molecule has 98 heavy (non-hydrogen) atoms. The van der Waals surface area contributed by atoms with Crippen molar-refractivity contribution in [2.75, 3.05) is 0 Å². The molecule has 3 aromatic heterocycles. The van der Waals surface area contributed by atoms with Crippen LogP contribution in [-0.4, -0.2) is 42.5 Å². The molecule has 0 amide bonds. The number of fused-ring (bicyclic) bond motifs is 3. The normalized spacial score (nSPS) is 12.0. The predicted molar refractivity (Wildman–Crippen MR) is 418 cm³/mol. The Morgan fingerprint density at radius 3 is 0.776 bits per heavy atom. The Balaban J connectivity index is 0.000000192. The van der Waals surface area contributed by atoms with Gasteiger partial charge in [-0.1, -0.05) is 335 Å². The van der Waals surface area contributed by atoms with E-state index in [1.54, 1.807) is 0 Å². The van der Waals surface area contributed by atoms with E-state index in [1.807, 2.05) is 0 Å². The van der Waals surface area contributed by atoms with Gasteiger partial charge in [-0.25, -0.2) is 19.9 Å². The Kier molecular flexibility index (Phi) is 20.3. The summed E-state index contributed by atoms with van der Waals surface area (Å²) >= 11 is 0. The lowest BCUT2D eigenvalue weighted by Gasteiger charge is -2.34. The lowest BCUT2D eigenvalue weighted by molar-refractivity contribution is 0.824. The predicted octanol–water partition coefficient (Wildman–Crippen LogP) is 21.5. The summed E-state index contributed by atoms with van der Waals surface area (Å²) in [5.74, 6) is 6.76. The van der Waals surface area contributed by atoms with E-state index in [4.69, 9.17) is 29.9 Å². The molecule has 10 aromatic carbocycles. The van der Waals surface area contributed by atoms with E-state index in [2.05, 4.69) is 352 Å². The van der Waals surface area contributed by atoms with Gasteiger partial charge in [-0.15, -0.1) is 0 Å². The summed E-state index contributed by atoms with van der Waals surface area (Å²) in [5, 5.41) is 7.67. The molecule has 0 N–H and O–H groups in total. The summed E-state index contributed by atoms with van der Waals surface area (Å²) < 4.78 is 2.22. The number of aromatic nitrogens is 7. The maximum atomic E-state index is 5.47. The van der Waals surface area contributed by atoms with Crippen molar-refractivity contribution in [2.45, 2.75) is 158 Å². The molecule has 0 aliphatic carbocycles. The van der Waals surface area contributed by atoms with Gasteiger partial charge >= 0.3 is 0 Å². The third-order valence-electron chi connectivity index (χ3n) is 19.6. The second kappa shape index (κ2) is 29.1. The van der Waals surface area contributed by atoms with Crippen molar-refractivity contribution in [3.63, 3.8) is 0 Å². The van der Waals surface area contributed by atoms with Crippen LogP contribution in [0.1, 0.15) is 203 Å². The zero-order valence-corrected chi connectivity index (χ0v) is 61.3. The van der Waals surface area contributed by atoms with E-state index in [0.29, 0.717) is 59.1 Å². The highest BCUT2D eigenvalue weighted by Crippen LogP contribution is 2.42. The Bertz CT molecular complexity index is 4530. The first-order chi connectivity index (χ1) is 47.3. The van der Waals surface area contributed by atoms with Gasteiger partial charge in [0.1, 0.15) is 0 Å². The van der Waals surface area contributed by atoms with Gasteiger partial charge in [-0.05, 0) is 125 Å². The monoisotopic (exact) mass is 1300 g/mol. The van der Waals surface area contributed by atoms with Crippen molar-refractivity contribution < 1.29 is 0 Å². The van der Waals surface area contributed by atoms with Crippen LogP contribution in [0.3, 0.4) is 0 Å². The Morgan fingerprint density at radius 2 is 0.480 bits per heavy atom. The minimum absolute atomic E-state index is 0.295. The molecule has 0 atom stereocenters. The first kappa shape index (κ1) is 68.2. The standard InChI is InChI=1S/C51H53N3Si.C39H42N4/c1-34(2)43-29-19-30-44(35(3)4)47(43)50-52-49(53-51(54-50)48-45(36(5)6)31-20-32-46(48)37(7)8)38-21-18-28-42(33-38)55(39-22-12-9-13-23-39,40-24-14-10-15-25-40)41-26-16-11-17-27-41;1-23(2)27-17-13-18-28(24(3)4)35(27)37-40-38(36-29(25(5)6)19-14-20-30(36)26(7)8)42-39(41-37)43-33-21-11-9-15-31(33)32-16-10-12-22-34(32)43/h9-37H,1-8H3;9-26H,1-8H3. The number of benzene rings is 10. The fourth-order valence-electron chi connectivity index (χ4n) is 14.7. The van der Waals surface area contributed by atoms with Crippen LogP contribution in [0.15, 0.2) is 237 Å². The molecule has 0 unspecified atom stereocenters. The summed E-state index contributed by atoms with van der Waals surface area (Å²) in [6.07, 6.45) is 0. The van der Waals surface area contributed by atoms with E-state index in [0.717, 1.165) is 62.1 Å². The van der Waals surface area contributed by atoms with Crippen LogP contribution in [0.25, 0.3) is 84.7 Å². The maximum Gasteiger partial charge on any atom is 0.238 e. The lowest BCUT2D eigenvalue weighted by Crippen LogP contribution is -2.74. The average molecular weight is 1300 g/mol. The summed E-state index contributed by atoms with van der Waals surface area (Å²) in [4.78, 5) is 32.5. The van der Waals surface area contributed by atoms with Crippen molar-refractivity contribution in [3.05, 3.63) is 281 Å². The van der Waals surface area contributed by atoms with Crippen LogP contribution in [0.2, 0.25) is 0 Å². The largest absolute Gasteiger partial charge is 0.278 e. The SMILES string of the molecule is CC(C)c1cccc(C(C)C)c1-c1nc(-c2c(C(C)C)cccc2C(C)C)nc(-n2c3ccccc3c3ccccc32)n1.CC(C)c1cccc(C(C)C)c1-c1nc(-c2cccc([Si](c3ccccc3)(c3ccccc3)c3ccccc3)c2)nc(-c2c(C(C)C)cccc2C(C)C)n1. The highest BCUT2D eigenvalue weighted by atomic mass is 28.3. The molecule has 0 aliphatic rings. The zero-order valence-electron chi connectivity index (χ0n) is 60.3. The molecule has 0 fully saturated rings. The first-order valence-corrected chi connectivity index (χ1v) is 37.6. The van der Waals surface area contributed by atoms with Gasteiger partial charge in [0, 0.05) is 38.6 Å². The molecular weight excluding hydrogens is 1210 g/mol. The minimum Gasteiger partial charge on any atom is -0.278 e. The summed E-state index contributed by atoms with van der Waals surface area (Å²) in [7, 11) is -2.79. The molecule has 13 aromatic rings. The highest BCUT2D eigenvalue weighted by molar-refractivity contribution is 7.19. The fraction of sp³-hybridized carbons (Fsp3) is 0.267. The third-order valence-corrected chi connectivity index (χ3v) is 24.4. The van der Waals surface area contributed by atoms with Gasteiger partial charge in [-0.3, -0.25) is 4.57 Å². The van der Waals surface area contributed by atoms with Crippen LogP contribution in [-0.2, 0) is 0 Å². The fourth-order valence-corrected chi connectivity index (χ4v) is 19.5. The molecule has 0 saturated carbocycles. The number of nitrogens with zero attached hydrogens (tertiary/aromatic N) is 7. The Hall–Kier alpha value is -9.76. The van der Waals surface area contributed by atoms with Crippen LogP contribution >= 0.6 is 0 Å². The molecular formula is C90H95N7Si. The second-order valence-corrected chi connectivity index (χ2v) is 32.7. The molecule has 3 heterocycles. The smallest absolute Gasteiger partial charge is 0.238 e. The molecule has 0 spiro atoms. The molecule has 8 heteroatoms. The van der Waals surface area contributed by atoms with E-state index < -0.39 is 8.07 Å². The van der Waals surface area contributed by atoms with Crippen molar-refractivity contribution in [3.8, 4) is 62.9 Å². The topological polar surface area (TPSA) is 82.3 Å². The van der Waals surface area contributed by atoms with Crippen LogP contribution in [0.5, 0.6) is 0 Å². The maximum absolute atomic E-state index is 5.47. The molecule has 494 valence electrons. The average Bonchev–Trinajstić information content (AvgIpc) is 1.74. The molecule has 13 rings (SSSR count). The summed E-state index contributed by atoms with van der Waals surface area (Å²) in [6, 6.07) is 86.1. The summed E-state index contributed by atoms with van der Waals surface area (Å²) in [5.41, 5.74) is 17.8. The van der Waals surface area contributed by atoms with Gasteiger partial charge in [0.15, 0.2) is 37.2 Å². The third kappa shape index (κ3) is 13.2. The minimum atomic E-state index is -2.79. The van der Waals surface area contributed by atoms with Gasteiger partial charge in [-0.2, -0.15) is 9.97 Å². The Morgan fingerprint density at radius 1 is 0.235 bits per heavy atom. The van der Waals surface area contributed by atoms with Gasteiger partial charge < -0.3 is 0 Å². The van der Waals surface area contributed by atoms with Crippen molar-refractivity contribution in [1.29, 1.82) is 0 Å². The van der Waals surface area contributed by atoms with E-state index in [9.17, 15) is 0 Å². The number of hydrogen-bond acceptors (Lipinski definition) is 6. The second-order valence-electron chi connectivity index (χ2n) is 28.9. The van der Waals surface area contributed by atoms with Gasteiger partial charge in [0.05, 0.1) is 11.0 Å². The lowest BCUT2D eigenvalue weighted by atomic mass is 9.87. The van der Waals surface area contributed by atoms with Crippen LogP contribution in [0.4, 0.5) is 0 Å². The summed E-state index contributed by atoms with van der Waals surface area (Å²) in [6.45, 7) is 36.2. The molecule has 0 bridgehead atoms. The van der Waals surface area contributed by atoms with Crippen LogP contribution in [0, 0.1) is 0 Å². The molecule has 7 nitrogen and oxygen atoms in total. The van der Waals surface area contributed by atoms with E-state index in [-0.39, 0.29) is 0 Å². The van der Waals surface area contributed by atoms with Crippen molar-refractivity contribution >= 4 is 50.6 Å². The number of rotatable bonds is 18. The first-order valence-electron chi connectivity index (χ1n) is 35.6. The number of hydrogen-bond donors (Lipinski definition) is 0. The van der Waals surface area contributed by atoms with Gasteiger partial charge in [0.2, 0.25) is 5.95 Å². The van der Waals surface area contributed by atoms with Gasteiger partial charge in [0.25, 0.3) is 0 Å².